The van der Waals surface area contributed by atoms with Crippen LogP contribution < -0.4 is 15.4 Å². The summed E-state index contributed by atoms with van der Waals surface area (Å²) < 4.78 is 4.95. The van der Waals surface area contributed by atoms with E-state index in [0.717, 1.165) is 12.0 Å². The summed E-state index contributed by atoms with van der Waals surface area (Å²) in [6.07, 6.45) is -0.786. The van der Waals surface area contributed by atoms with E-state index in [1.807, 2.05) is 19.1 Å². The SMILES string of the molecule is CNC(=O)Oc1cc([C@H](O)CN[C@H](C)Cc2ccc(O)cc2)ccc1O. The van der Waals surface area contributed by atoms with Crippen LogP contribution in [0.5, 0.6) is 17.2 Å². The van der Waals surface area contributed by atoms with E-state index in [2.05, 4.69) is 10.6 Å². The molecule has 0 spiro atoms. The minimum Gasteiger partial charge on any atom is -0.508 e. The van der Waals surface area contributed by atoms with E-state index >= 15 is 0 Å². The number of benzene rings is 2. The number of amides is 1. The van der Waals surface area contributed by atoms with E-state index in [4.69, 9.17) is 4.74 Å². The van der Waals surface area contributed by atoms with Gasteiger partial charge in [-0.2, -0.15) is 0 Å². The first-order chi connectivity index (χ1) is 12.4. The zero-order chi connectivity index (χ0) is 19.1. The Hall–Kier alpha value is -2.77. The van der Waals surface area contributed by atoms with Crippen molar-refractivity contribution in [1.29, 1.82) is 0 Å². The molecule has 0 unspecified atom stereocenters. The lowest BCUT2D eigenvalue weighted by atomic mass is 10.1. The summed E-state index contributed by atoms with van der Waals surface area (Å²) >= 11 is 0. The number of ether oxygens (including phenoxy) is 1. The van der Waals surface area contributed by atoms with Gasteiger partial charge in [-0.05, 0) is 48.7 Å². The molecule has 140 valence electrons. The molecule has 2 aromatic carbocycles. The van der Waals surface area contributed by atoms with Crippen LogP contribution >= 0.6 is 0 Å². The highest BCUT2D eigenvalue weighted by atomic mass is 16.6. The van der Waals surface area contributed by atoms with Gasteiger partial charge in [0.2, 0.25) is 0 Å². The summed E-state index contributed by atoms with van der Waals surface area (Å²) in [4.78, 5) is 11.3. The standard InChI is InChI=1S/C19H24N2O5/c1-12(9-13-3-6-15(22)7-4-13)21-11-17(24)14-5-8-16(23)18(10-14)26-19(25)20-2/h3-8,10,12,17,21-24H,9,11H2,1-2H3,(H,20,25)/t12-,17-/m1/s1. The first-order valence-electron chi connectivity index (χ1n) is 8.31. The number of phenols is 2. The van der Waals surface area contributed by atoms with Crippen molar-refractivity contribution in [1.82, 2.24) is 10.6 Å². The molecular weight excluding hydrogens is 336 g/mol. The van der Waals surface area contributed by atoms with Crippen LogP contribution in [0.2, 0.25) is 0 Å². The molecule has 5 N–H and O–H groups in total. The molecule has 0 radical (unpaired) electrons. The van der Waals surface area contributed by atoms with Gasteiger partial charge in [-0.25, -0.2) is 4.79 Å². The molecule has 0 aromatic heterocycles. The fourth-order valence-electron chi connectivity index (χ4n) is 2.46. The molecule has 0 aliphatic rings. The number of aliphatic hydroxyl groups excluding tert-OH is 1. The second kappa shape index (κ2) is 9.07. The van der Waals surface area contributed by atoms with E-state index in [0.29, 0.717) is 12.1 Å². The molecule has 7 heteroatoms. The van der Waals surface area contributed by atoms with Crippen LogP contribution in [0.25, 0.3) is 0 Å². The Morgan fingerprint density at radius 1 is 1.15 bits per heavy atom. The van der Waals surface area contributed by atoms with Gasteiger partial charge in [-0.1, -0.05) is 18.2 Å². The fraction of sp³-hybridized carbons (Fsp3) is 0.316. The highest BCUT2D eigenvalue weighted by molar-refractivity contribution is 5.71. The molecule has 0 aliphatic heterocycles. The third kappa shape index (κ3) is 5.65. The van der Waals surface area contributed by atoms with Gasteiger partial charge in [0.15, 0.2) is 11.5 Å². The van der Waals surface area contributed by atoms with Gasteiger partial charge in [0, 0.05) is 19.6 Å². The Balaban J connectivity index is 1.92. The van der Waals surface area contributed by atoms with Gasteiger partial charge >= 0.3 is 6.09 Å². The number of hydrogen-bond acceptors (Lipinski definition) is 6. The maximum atomic E-state index is 11.3. The van der Waals surface area contributed by atoms with Gasteiger partial charge in [0.1, 0.15) is 5.75 Å². The highest BCUT2D eigenvalue weighted by Crippen LogP contribution is 2.29. The minimum atomic E-state index is -0.829. The van der Waals surface area contributed by atoms with Gasteiger partial charge in [0.05, 0.1) is 6.10 Å². The van der Waals surface area contributed by atoms with Crippen LogP contribution in [0.4, 0.5) is 4.79 Å². The lowest BCUT2D eigenvalue weighted by Gasteiger charge is -2.18. The molecule has 0 fully saturated rings. The van der Waals surface area contributed by atoms with Gasteiger partial charge < -0.3 is 30.7 Å². The van der Waals surface area contributed by atoms with Crippen LogP contribution in [-0.4, -0.2) is 41.0 Å². The average molecular weight is 360 g/mol. The predicted octanol–water partition coefficient (Wildman–Crippen LogP) is 2.07. The van der Waals surface area contributed by atoms with E-state index in [9.17, 15) is 20.1 Å². The zero-order valence-corrected chi connectivity index (χ0v) is 14.8. The fourth-order valence-corrected chi connectivity index (χ4v) is 2.46. The first-order valence-corrected chi connectivity index (χ1v) is 8.31. The number of carbonyl (C=O) groups is 1. The Kier molecular flexibility index (Phi) is 6.82. The number of carbonyl (C=O) groups excluding carboxylic acids is 1. The van der Waals surface area contributed by atoms with Crippen molar-refractivity contribution in [3.63, 3.8) is 0 Å². The smallest absolute Gasteiger partial charge is 0.412 e. The maximum Gasteiger partial charge on any atom is 0.412 e. The van der Waals surface area contributed by atoms with Gasteiger partial charge in [-0.3, -0.25) is 0 Å². The van der Waals surface area contributed by atoms with Crippen molar-refractivity contribution in [3.05, 3.63) is 53.6 Å². The number of aliphatic hydroxyl groups is 1. The topological polar surface area (TPSA) is 111 Å². The van der Waals surface area contributed by atoms with Crippen molar-refractivity contribution < 1.29 is 24.9 Å². The number of rotatable bonds is 7. The molecule has 0 saturated carbocycles. The minimum absolute atomic E-state index is 0.0157. The third-order valence-corrected chi connectivity index (χ3v) is 3.91. The number of nitrogens with one attached hydrogen (secondary N) is 2. The van der Waals surface area contributed by atoms with Crippen molar-refractivity contribution in [2.24, 2.45) is 0 Å². The first kappa shape index (κ1) is 19.6. The Labute approximate surface area is 152 Å². The molecule has 0 heterocycles. The molecule has 0 saturated heterocycles. The van der Waals surface area contributed by atoms with Crippen molar-refractivity contribution in [3.8, 4) is 17.2 Å². The zero-order valence-electron chi connectivity index (χ0n) is 14.8. The second-order valence-electron chi connectivity index (χ2n) is 6.06. The summed E-state index contributed by atoms with van der Waals surface area (Å²) in [7, 11) is 1.41. The lowest BCUT2D eigenvalue weighted by Crippen LogP contribution is -2.32. The van der Waals surface area contributed by atoms with E-state index in [1.165, 1.54) is 19.2 Å². The summed E-state index contributed by atoms with van der Waals surface area (Å²) in [5.74, 6) is 0.0307. The molecule has 2 rings (SSSR count). The second-order valence-corrected chi connectivity index (χ2v) is 6.06. The lowest BCUT2D eigenvalue weighted by molar-refractivity contribution is 0.169. The monoisotopic (exact) mass is 360 g/mol. The van der Waals surface area contributed by atoms with Crippen LogP contribution in [-0.2, 0) is 6.42 Å². The maximum absolute atomic E-state index is 11.3. The van der Waals surface area contributed by atoms with Gasteiger partial charge in [-0.15, -0.1) is 0 Å². The molecule has 0 aliphatic carbocycles. The normalized spacial score (nSPS) is 13.0. The van der Waals surface area contributed by atoms with Crippen LogP contribution in [0, 0.1) is 0 Å². The van der Waals surface area contributed by atoms with E-state index in [-0.39, 0.29) is 23.3 Å². The predicted molar refractivity (Wildman–Crippen MR) is 97.4 cm³/mol. The molecule has 0 bridgehead atoms. The Bertz CT molecular complexity index is 733. The average Bonchev–Trinajstić information content (AvgIpc) is 2.63. The quantitative estimate of drug-likeness (QED) is 0.517. The Morgan fingerprint density at radius 2 is 1.85 bits per heavy atom. The summed E-state index contributed by atoms with van der Waals surface area (Å²) in [6, 6.07) is 11.5. The summed E-state index contributed by atoms with van der Waals surface area (Å²) in [6.45, 7) is 2.29. The number of aromatic hydroxyl groups is 2. The highest BCUT2D eigenvalue weighted by Gasteiger charge is 2.14. The van der Waals surface area contributed by atoms with Gasteiger partial charge in [0.25, 0.3) is 0 Å². The third-order valence-electron chi connectivity index (χ3n) is 3.91. The van der Waals surface area contributed by atoms with Crippen molar-refractivity contribution in [2.45, 2.75) is 25.5 Å². The van der Waals surface area contributed by atoms with Crippen LogP contribution in [0.3, 0.4) is 0 Å². The molecule has 7 nitrogen and oxygen atoms in total. The number of phenolic OH excluding ortho intramolecular Hbond substituents is 2. The van der Waals surface area contributed by atoms with Crippen LogP contribution in [0.1, 0.15) is 24.2 Å². The van der Waals surface area contributed by atoms with E-state index < -0.39 is 12.2 Å². The molecule has 26 heavy (non-hydrogen) atoms. The molecule has 1 amide bonds. The largest absolute Gasteiger partial charge is 0.508 e. The molecule has 2 atom stereocenters. The summed E-state index contributed by atoms with van der Waals surface area (Å²) in [5, 5.41) is 34.9. The summed E-state index contributed by atoms with van der Waals surface area (Å²) in [5.41, 5.74) is 1.59. The van der Waals surface area contributed by atoms with Crippen molar-refractivity contribution >= 4 is 6.09 Å². The van der Waals surface area contributed by atoms with Crippen molar-refractivity contribution in [2.75, 3.05) is 13.6 Å². The molecule has 2 aromatic rings. The number of hydrogen-bond donors (Lipinski definition) is 5. The Morgan fingerprint density at radius 3 is 2.50 bits per heavy atom. The molecular formula is C19H24N2O5. The van der Waals surface area contributed by atoms with Crippen LogP contribution in [0.15, 0.2) is 42.5 Å². The van der Waals surface area contributed by atoms with E-state index in [1.54, 1.807) is 18.2 Å².